The van der Waals surface area contributed by atoms with Gasteiger partial charge in [0.25, 0.3) is 0 Å². The summed E-state index contributed by atoms with van der Waals surface area (Å²) < 4.78 is 6.39. The number of benzene rings is 2. The molecule has 0 spiro atoms. The summed E-state index contributed by atoms with van der Waals surface area (Å²) in [5.41, 5.74) is 7.32. The lowest BCUT2D eigenvalue weighted by Gasteiger charge is -2.07. The third-order valence-corrected chi connectivity index (χ3v) is 3.22. The lowest BCUT2D eigenvalue weighted by molar-refractivity contribution is -0.385. The van der Waals surface area contributed by atoms with Gasteiger partial charge in [-0.05, 0) is 34.7 Å². The summed E-state index contributed by atoms with van der Waals surface area (Å²) in [6, 6.07) is 11.5. The first kappa shape index (κ1) is 14.4. The zero-order chi connectivity index (χ0) is 16.4. The van der Waals surface area contributed by atoms with Crippen molar-refractivity contribution in [2.75, 3.05) is 12.8 Å². The van der Waals surface area contributed by atoms with Crippen molar-refractivity contribution in [3.63, 3.8) is 0 Å². The van der Waals surface area contributed by atoms with Crippen LogP contribution >= 0.6 is 0 Å². The number of tetrazole rings is 1. The first-order valence-electron chi connectivity index (χ1n) is 6.57. The molecule has 9 nitrogen and oxygen atoms in total. The molecule has 3 rings (SSSR count). The molecule has 0 atom stereocenters. The summed E-state index contributed by atoms with van der Waals surface area (Å²) in [7, 11) is 1.37. The lowest BCUT2D eigenvalue weighted by Crippen LogP contribution is -2.02. The van der Waals surface area contributed by atoms with Gasteiger partial charge in [0.2, 0.25) is 0 Å². The SMILES string of the molecule is COc1ccc(-n2nnnc2-c2cccc(N)c2)cc1[N+](=O)[O-]. The average Bonchev–Trinajstić information content (AvgIpc) is 3.03. The van der Waals surface area contributed by atoms with Gasteiger partial charge in [0, 0.05) is 17.3 Å². The Kier molecular flexibility index (Phi) is 3.59. The smallest absolute Gasteiger partial charge is 0.313 e. The fourth-order valence-corrected chi connectivity index (χ4v) is 2.17. The summed E-state index contributed by atoms with van der Waals surface area (Å²) in [4.78, 5) is 10.6. The van der Waals surface area contributed by atoms with E-state index in [0.29, 0.717) is 22.8 Å². The highest BCUT2D eigenvalue weighted by Gasteiger charge is 2.18. The number of nitrogen functional groups attached to an aromatic ring is 1. The van der Waals surface area contributed by atoms with Gasteiger partial charge in [-0.15, -0.1) is 5.10 Å². The van der Waals surface area contributed by atoms with Crippen molar-refractivity contribution in [1.29, 1.82) is 0 Å². The van der Waals surface area contributed by atoms with Crippen LogP contribution in [-0.4, -0.2) is 32.2 Å². The topological polar surface area (TPSA) is 122 Å². The minimum atomic E-state index is -0.521. The molecule has 23 heavy (non-hydrogen) atoms. The largest absolute Gasteiger partial charge is 0.490 e. The van der Waals surface area contributed by atoms with Gasteiger partial charge in [-0.3, -0.25) is 10.1 Å². The molecule has 1 heterocycles. The summed E-state index contributed by atoms with van der Waals surface area (Å²) >= 11 is 0. The maximum atomic E-state index is 11.2. The Balaban J connectivity index is 2.12. The van der Waals surface area contributed by atoms with Crippen LogP contribution in [0.15, 0.2) is 42.5 Å². The van der Waals surface area contributed by atoms with Crippen LogP contribution in [0.5, 0.6) is 5.75 Å². The Hall–Kier alpha value is -3.49. The summed E-state index contributed by atoms with van der Waals surface area (Å²) in [6.45, 7) is 0. The Morgan fingerprint density at radius 1 is 1.26 bits per heavy atom. The number of hydrogen-bond donors (Lipinski definition) is 1. The zero-order valence-electron chi connectivity index (χ0n) is 12.1. The predicted molar refractivity (Wildman–Crippen MR) is 82.2 cm³/mol. The van der Waals surface area contributed by atoms with Crippen LogP contribution in [0.4, 0.5) is 11.4 Å². The molecule has 0 amide bonds. The number of nitrogens with zero attached hydrogens (tertiary/aromatic N) is 5. The normalized spacial score (nSPS) is 10.5. The molecule has 0 saturated heterocycles. The number of nitro benzene ring substituents is 1. The van der Waals surface area contributed by atoms with E-state index in [2.05, 4.69) is 15.5 Å². The number of rotatable bonds is 4. The second kappa shape index (κ2) is 5.72. The third-order valence-electron chi connectivity index (χ3n) is 3.22. The van der Waals surface area contributed by atoms with E-state index in [1.807, 2.05) is 0 Å². The van der Waals surface area contributed by atoms with E-state index >= 15 is 0 Å². The minimum absolute atomic E-state index is 0.164. The van der Waals surface area contributed by atoms with Crippen molar-refractivity contribution in [1.82, 2.24) is 20.2 Å². The highest BCUT2D eigenvalue weighted by molar-refractivity contribution is 5.63. The van der Waals surface area contributed by atoms with Crippen LogP contribution in [-0.2, 0) is 0 Å². The molecule has 0 unspecified atom stereocenters. The third kappa shape index (κ3) is 2.67. The molecule has 0 fully saturated rings. The number of ether oxygens (including phenoxy) is 1. The molecule has 2 aromatic carbocycles. The van der Waals surface area contributed by atoms with Gasteiger partial charge < -0.3 is 10.5 Å². The molecule has 0 bridgehead atoms. The van der Waals surface area contributed by atoms with E-state index in [9.17, 15) is 10.1 Å². The standard InChI is InChI=1S/C14H12N6O3/c1-23-13-6-5-11(8-12(13)20(21)22)19-14(16-17-18-19)9-3-2-4-10(15)7-9/h2-8H,15H2,1H3. The van der Waals surface area contributed by atoms with Crippen molar-refractivity contribution in [3.05, 3.63) is 52.6 Å². The van der Waals surface area contributed by atoms with Crippen LogP contribution in [0.25, 0.3) is 17.1 Å². The van der Waals surface area contributed by atoms with Crippen molar-refractivity contribution in [2.24, 2.45) is 0 Å². The van der Waals surface area contributed by atoms with Crippen LogP contribution in [0, 0.1) is 10.1 Å². The van der Waals surface area contributed by atoms with E-state index in [-0.39, 0.29) is 11.4 Å². The Morgan fingerprint density at radius 3 is 2.78 bits per heavy atom. The van der Waals surface area contributed by atoms with Crippen LogP contribution in [0.1, 0.15) is 0 Å². The zero-order valence-corrected chi connectivity index (χ0v) is 12.1. The molecular weight excluding hydrogens is 300 g/mol. The number of aromatic nitrogens is 4. The summed E-state index contributed by atoms with van der Waals surface area (Å²) in [5, 5.41) is 22.7. The average molecular weight is 312 g/mol. The molecule has 0 aliphatic carbocycles. The highest BCUT2D eigenvalue weighted by Crippen LogP contribution is 2.30. The van der Waals surface area contributed by atoms with Gasteiger partial charge in [-0.2, -0.15) is 4.68 Å². The molecule has 2 N–H and O–H groups in total. The Labute approximate surface area is 130 Å². The van der Waals surface area contributed by atoms with Gasteiger partial charge in [-0.1, -0.05) is 12.1 Å². The maximum Gasteiger partial charge on any atom is 0.313 e. The first-order chi connectivity index (χ1) is 11.1. The molecule has 3 aromatic rings. The fraction of sp³-hybridized carbons (Fsp3) is 0.0714. The van der Waals surface area contributed by atoms with Gasteiger partial charge in [0.1, 0.15) is 0 Å². The van der Waals surface area contributed by atoms with E-state index in [4.69, 9.17) is 10.5 Å². The molecule has 0 radical (unpaired) electrons. The predicted octanol–water partition coefficient (Wildman–Crippen LogP) is 1.83. The van der Waals surface area contributed by atoms with E-state index in [1.165, 1.54) is 23.9 Å². The van der Waals surface area contributed by atoms with E-state index in [0.717, 1.165) is 0 Å². The molecule has 9 heteroatoms. The quantitative estimate of drug-likeness (QED) is 0.443. The Bertz CT molecular complexity index is 876. The van der Waals surface area contributed by atoms with Gasteiger partial charge >= 0.3 is 5.69 Å². The number of methoxy groups -OCH3 is 1. The monoisotopic (exact) mass is 312 g/mol. The number of anilines is 1. The van der Waals surface area contributed by atoms with Crippen molar-refractivity contribution in [3.8, 4) is 22.8 Å². The van der Waals surface area contributed by atoms with Crippen LogP contribution < -0.4 is 10.5 Å². The van der Waals surface area contributed by atoms with E-state index in [1.54, 1.807) is 30.3 Å². The molecule has 1 aromatic heterocycles. The molecule has 0 aliphatic heterocycles. The lowest BCUT2D eigenvalue weighted by atomic mass is 10.2. The van der Waals surface area contributed by atoms with Crippen molar-refractivity contribution >= 4 is 11.4 Å². The van der Waals surface area contributed by atoms with Gasteiger partial charge in [0.15, 0.2) is 11.6 Å². The van der Waals surface area contributed by atoms with Crippen molar-refractivity contribution < 1.29 is 9.66 Å². The minimum Gasteiger partial charge on any atom is -0.490 e. The van der Waals surface area contributed by atoms with E-state index < -0.39 is 4.92 Å². The molecule has 0 saturated carbocycles. The van der Waals surface area contributed by atoms with Crippen molar-refractivity contribution in [2.45, 2.75) is 0 Å². The number of nitro groups is 1. The molecule has 116 valence electrons. The molecular formula is C14H12N6O3. The second-order valence-corrected chi connectivity index (χ2v) is 4.65. The number of hydrogen-bond acceptors (Lipinski definition) is 7. The first-order valence-corrected chi connectivity index (χ1v) is 6.57. The maximum absolute atomic E-state index is 11.2. The number of nitrogens with two attached hydrogens (primary N) is 1. The van der Waals surface area contributed by atoms with Gasteiger partial charge in [0.05, 0.1) is 17.7 Å². The highest BCUT2D eigenvalue weighted by atomic mass is 16.6. The fourth-order valence-electron chi connectivity index (χ4n) is 2.17. The summed E-state index contributed by atoms with van der Waals surface area (Å²) in [5.74, 6) is 0.592. The Morgan fingerprint density at radius 2 is 2.09 bits per heavy atom. The second-order valence-electron chi connectivity index (χ2n) is 4.65. The molecule has 0 aliphatic rings. The van der Waals surface area contributed by atoms with Crippen LogP contribution in [0.2, 0.25) is 0 Å². The van der Waals surface area contributed by atoms with Crippen LogP contribution in [0.3, 0.4) is 0 Å². The van der Waals surface area contributed by atoms with Gasteiger partial charge in [-0.25, -0.2) is 0 Å². The summed E-state index contributed by atoms with van der Waals surface area (Å²) in [6.07, 6.45) is 0.